The predicted octanol–water partition coefficient (Wildman–Crippen LogP) is 5.41. The Morgan fingerprint density at radius 2 is 1.85 bits per heavy atom. The van der Waals surface area contributed by atoms with Gasteiger partial charge in [0, 0.05) is 16.4 Å². The molecule has 0 saturated carbocycles. The van der Waals surface area contributed by atoms with Gasteiger partial charge in [-0.25, -0.2) is 8.78 Å². The van der Waals surface area contributed by atoms with Crippen LogP contribution in [0.2, 0.25) is 5.02 Å². The number of halogens is 4. The number of hydrogen-bond donors (Lipinski definition) is 0. The first kappa shape index (κ1) is 15.5. The zero-order valence-corrected chi connectivity index (χ0v) is 13.1. The van der Waals surface area contributed by atoms with E-state index in [2.05, 4.69) is 15.9 Å². The van der Waals surface area contributed by atoms with E-state index in [0.29, 0.717) is 17.0 Å². The second kappa shape index (κ2) is 7.19. The summed E-state index contributed by atoms with van der Waals surface area (Å²) in [6, 6.07) is 11.4. The van der Waals surface area contributed by atoms with Crippen molar-refractivity contribution in [2.75, 3.05) is 5.33 Å². The molecular weight excluding hydrogens is 346 g/mol. The molecule has 0 amide bonds. The van der Waals surface area contributed by atoms with E-state index in [4.69, 9.17) is 11.6 Å². The maximum atomic E-state index is 13.7. The Hall–Kier alpha value is -0.930. The minimum Gasteiger partial charge on any atom is -0.207 e. The van der Waals surface area contributed by atoms with Crippen LogP contribution < -0.4 is 0 Å². The monoisotopic (exact) mass is 358 g/mol. The van der Waals surface area contributed by atoms with Crippen molar-refractivity contribution in [2.24, 2.45) is 5.92 Å². The van der Waals surface area contributed by atoms with Gasteiger partial charge in [0.05, 0.1) is 0 Å². The van der Waals surface area contributed by atoms with Crippen molar-refractivity contribution in [3.05, 3.63) is 70.2 Å². The molecule has 0 aromatic heterocycles. The molecule has 20 heavy (non-hydrogen) atoms. The molecule has 0 fully saturated rings. The SMILES string of the molecule is Fc1ccc(CC(CBr)Cc2cccc(Cl)c2)c(F)c1. The molecule has 0 aliphatic rings. The lowest BCUT2D eigenvalue weighted by Crippen LogP contribution is -2.11. The summed E-state index contributed by atoms with van der Waals surface area (Å²) in [4.78, 5) is 0. The summed E-state index contributed by atoms with van der Waals surface area (Å²) in [6.45, 7) is 0. The quantitative estimate of drug-likeness (QED) is 0.626. The van der Waals surface area contributed by atoms with E-state index in [1.807, 2.05) is 24.3 Å². The molecule has 0 bridgehead atoms. The minimum atomic E-state index is -0.545. The van der Waals surface area contributed by atoms with Crippen molar-refractivity contribution in [3.8, 4) is 0 Å². The average Bonchev–Trinajstić information content (AvgIpc) is 2.41. The van der Waals surface area contributed by atoms with E-state index in [1.165, 1.54) is 12.1 Å². The van der Waals surface area contributed by atoms with E-state index >= 15 is 0 Å². The highest BCUT2D eigenvalue weighted by Crippen LogP contribution is 2.21. The highest BCUT2D eigenvalue weighted by atomic mass is 79.9. The maximum absolute atomic E-state index is 13.7. The summed E-state index contributed by atoms with van der Waals surface area (Å²) in [5.41, 5.74) is 1.65. The Bertz CT molecular complexity index is 586. The van der Waals surface area contributed by atoms with Crippen molar-refractivity contribution in [3.63, 3.8) is 0 Å². The lowest BCUT2D eigenvalue weighted by Gasteiger charge is -2.15. The first-order chi connectivity index (χ1) is 9.58. The number of alkyl halides is 1. The van der Waals surface area contributed by atoms with E-state index in [0.717, 1.165) is 23.4 Å². The molecule has 0 aliphatic heterocycles. The van der Waals surface area contributed by atoms with Crippen LogP contribution in [0.3, 0.4) is 0 Å². The molecular formula is C16H14BrClF2. The molecule has 0 heterocycles. The summed E-state index contributed by atoms with van der Waals surface area (Å²) >= 11 is 9.42. The highest BCUT2D eigenvalue weighted by Gasteiger charge is 2.13. The Morgan fingerprint density at radius 3 is 2.50 bits per heavy atom. The van der Waals surface area contributed by atoms with Gasteiger partial charge in [0.25, 0.3) is 0 Å². The van der Waals surface area contributed by atoms with E-state index < -0.39 is 11.6 Å². The van der Waals surface area contributed by atoms with Gasteiger partial charge in [-0.15, -0.1) is 0 Å². The number of benzene rings is 2. The molecule has 1 unspecified atom stereocenters. The van der Waals surface area contributed by atoms with Gasteiger partial charge in [-0.1, -0.05) is 45.7 Å². The van der Waals surface area contributed by atoms with Gasteiger partial charge in [-0.3, -0.25) is 0 Å². The van der Waals surface area contributed by atoms with Gasteiger partial charge in [-0.05, 0) is 48.1 Å². The van der Waals surface area contributed by atoms with Gasteiger partial charge >= 0.3 is 0 Å². The Kier molecular flexibility index (Phi) is 5.55. The molecule has 0 spiro atoms. The molecule has 2 aromatic rings. The molecule has 0 aliphatic carbocycles. The van der Waals surface area contributed by atoms with Crippen LogP contribution in [0.1, 0.15) is 11.1 Å². The van der Waals surface area contributed by atoms with Crippen LogP contribution in [-0.4, -0.2) is 5.33 Å². The van der Waals surface area contributed by atoms with Crippen molar-refractivity contribution < 1.29 is 8.78 Å². The van der Waals surface area contributed by atoms with Gasteiger partial charge < -0.3 is 0 Å². The molecule has 2 aromatic carbocycles. The second-order valence-electron chi connectivity index (χ2n) is 4.79. The van der Waals surface area contributed by atoms with Crippen LogP contribution in [0, 0.1) is 17.6 Å². The van der Waals surface area contributed by atoms with Gasteiger partial charge in [0.15, 0.2) is 0 Å². The third-order valence-corrected chi connectivity index (χ3v) is 4.31. The van der Waals surface area contributed by atoms with Gasteiger partial charge in [-0.2, -0.15) is 0 Å². The molecule has 0 radical (unpaired) electrons. The third kappa shape index (κ3) is 4.29. The summed E-state index contributed by atoms with van der Waals surface area (Å²) in [7, 11) is 0. The Morgan fingerprint density at radius 1 is 1.05 bits per heavy atom. The molecule has 0 nitrogen and oxygen atoms in total. The zero-order chi connectivity index (χ0) is 14.5. The Labute approximate surface area is 130 Å². The zero-order valence-electron chi connectivity index (χ0n) is 10.8. The molecule has 1 atom stereocenters. The van der Waals surface area contributed by atoms with Crippen LogP contribution in [0.4, 0.5) is 8.78 Å². The van der Waals surface area contributed by atoms with Crippen LogP contribution in [0.5, 0.6) is 0 Å². The van der Waals surface area contributed by atoms with Crippen molar-refractivity contribution >= 4 is 27.5 Å². The first-order valence-electron chi connectivity index (χ1n) is 6.33. The second-order valence-corrected chi connectivity index (χ2v) is 5.88. The number of rotatable bonds is 5. The van der Waals surface area contributed by atoms with Gasteiger partial charge in [0.1, 0.15) is 11.6 Å². The lowest BCUT2D eigenvalue weighted by atomic mass is 9.94. The van der Waals surface area contributed by atoms with Crippen molar-refractivity contribution in [1.29, 1.82) is 0 Å². The summed E-state index contributed by atoms with van der Waals surface area (Å²) in [5, 5.41) is 1.44. The predicted molar refractivity (Wildman–Crippen MR) is 82.5 cm³/mol. The number of hydrogen-bond acceptors (Lipinski definition) is 0. The van der Waals surface area contributed by atoms with Crippen LogP contribution >= 0.6 is 27.5 Å². The highest BCUT2D eigenvalue weighted by molar-refractivity contribution is 9.09. The standard InChI is InChI=1S/C16H14BrClF2/c17-10-12(6-11-2-1-3-14(18)8-11)7-13-4-5-15(19)9-16(13)20/h1-5,8-9,12H,6-7,10H2. The van der Waals surface area contributed by atoms with Gasteiger partial charge in [0.2, 0.25) is 0 Å². The molecule has 0 N–H and O–H groups in total. The minimum absolute atomic E-state index is 0.230. The van der Waals surface area contributed by atoms with Crippen LogP contribution in [0.15, 0.2) is 42.5 Å². The molecule has 0 saturated heterocycles. The normalized spacial score (nSPS) is 12.4. The Balaban J connectivity index is 2.09. The molecule has 4 heteroatoms. The van der Waals surface area contributed by atoms with Crippen LogP contribution in [0.25, 0.3) is 0 Å². The smallest absolute Gasteiger partial charge is 0.129 e. The summed E-state index contributed by atoms with van der Waals surface area (Å²) in [5.74, 6) is -0.799. The topological polar surface area (TPSA) is 0 Å². The summed E-state index contributed by atoms with van der Waals surface area (Å²) in [6.07, 6.45) is 1.35. The fraction of sp³-hybridized carbons (Fsp3) is 0.250. The molecule has 2 rings (SSSR count). The third-order valence-electron chi connectivity index (χ3n) is 3.16. The first-order valence-corrected chi connectivity index (χ1v) is 7.82. The van der Waals surface area contributed by atoms with E-state index in [9.17, 15) is 8.78 Å². The van der Waals surface area contributed by atoms with E-state index in [1.54, 1.807) is 0 Å². The largest absolute Gasteiger partial charge is 0.207 e. The molecule has 106 valence electrons. The van der Waals surface area contributed by atoms with Crippen molar-refractivity contribution in [1.82, 2.24) is 0 Å². The average molecular weight is 360 g/mol. The maximum Gasteiger partial charge on any atom is 0.129 e. The summed E-state index contributed by atoms with van der Waals surface area (Å²) < 4.78 is 26.6. The fourth-order valence-corrected chi connectivity index (χ4v) is 2.85. The van der Waals surface area contributed by atoms with E-state index in [-0.39, 0.29) is 5.92 Å². The van der Waals surface area contributed by atoms with Crippen LogP contribution in [-0.2, 0) is 12.8 Å². The fourth-order valence-electron chi connectivity index (χ4n) is 2.18. The lowest BCUT2D eigenvalue weighted by molar-refractivity contribution is 0.537. The van der Waals surface area contributed by atoms with Crippen molar-refractivity contribution in [2.45, 2.75) is 12.8 Å².